The zero-order valence-corrected chi connectivity index (χ0v) is 17.5. The number of thioether (sulfide) groups is 1. The largest absolute Gasteiger partial charge is 0.480 e. The summed E-state index contributed by atoms with van der Waals surface area (Å²) in [5.74, 6) is -3.96. The second kappa shape index (κ2) is 13.6. The van der Waals surface area contributed by atoms with Gasteiger partial charge >= 0.3 is 11.9 Å². The van der Waals surface area contributed by atoms with Crippen LogP contribution in [0, 0.1) is 0 Å². The molecule has 172 valence electrons. The summed E-state index contributed by atoms with van der Waals surface area (Å²) in [5, 5.41) is 41.1. The number of hydrogen-bond donors (Lipinski definition) is 7. The Labute approximate surface area is 183 Å². The lowest BCUT2D eigenvalue weighted by molar-refractivity contribution is -0.139. The lowest BCUT2D eigenvalue weighted by Gasteiger charge is -2.24. The molecule has 0 radical (unpaired) electrons. The van der Waals surface area contributed by atoms with E-state index in [0.717, 1.165) is 11.8 Å². The number of carbonyl (C=O) groups is 4. The molecular formula is C19H27N3O8S. The van der Waals surface area contributed by atoms with E-state index >= 15 is 0 Å². The number of hydrogen-bond acceptors (Lipinski definition) is 8. The zero-order chi connectivity index (χ0) is 23.4. The number of carboxylic acid groups (broad SMARTS) is 2. The molecule has 0 saturated heterocycles. The smallest absolute Gasteiger partial charge is 0.322 e. The standard InChI is InChI=1S/C19H27N3O8S/c20-12(19(29)30)6-7-15(25)22-13(18(28)21-8-16(26)27)10-31-17(14(24)9-23)11-4-2-1-3-5-11/h1-5,12-14,17,23-24H,6-10,20H2,(H,21,28)(H,22,25)(H,26,27)(H,29,30). The first-order valence-electron chi connectivity index (χ1n) is 9.38. The molecule has 0 fully saturated rings. The molecule has 0 heterocycles. The molecule has 1 rings (SSSR count). The second-order valence-corrected chi connectivity index (χ2v) is 7.80. The SMILES string of the molecule is NC(CCC(=O)NC(CSC(c1ccccc1)C(O)CO)C(=O)NCC(=O)O)C(=O)O. The van der Waals surface area contributed by atoms with E-state index in [9.17, 15) is 29.4 Å². The van der Waals surface area contributed by atoms with Crippen LogP contribution in [-0.2, 0) is 19.2 Å². The number of rotatable bonds is 14. The van der Waals surface area contributed by atoms with Crippen molar-refractivity contribution in [1.29, 1.82) is 0 Å². The van der Waals surface area contributed by atoms with Gasteiger partial charge in [-0.3, -0.25) is 19.2 Å². The number of aliphatic carboxylic acids is 2. The first-order valence-corrected chi connectivity index (χ1v) is 10.4. The van der Waals surface area contributed by atoms with Crippen LogP contribution in [0.3, 0.4) is 0 Å². The highest BCUT2D eigenvalue weighted by atomic mass is 32.2. The molecular weight excluding hydrogens is 430 g/mol. The Bertz CT molecular complexity index is 749. The third-order valence-corrected chi connectivity index (χ3v) is 5.64. The van der Waals surface area contributed by atoms with Gasteiger partial charge in [0.15, 0.2) is 0 Å². The molecule has 1 aromatic carbocycles. The summed E-state index contributed by atoms with van der Waals surface area (Å²) >= 11 is 1.10. The van der Waals surface area contributed by atoms with Crippen molar-refractivity contribution in [1.82, 2.24) is 10.6 Å². The van der Waals surface area contributed by atoms with E-state index in [-0.39, 0.29) is 18.6 Å². The first-order chi connectivity index (χ1) is 14.6. The Morgan fingerprint density at radius 2 is 1.74 bits per heavy atom. The lowest BCUT2D eigenvalue weighted by atomic mass is 10.1. The Hall–Kier alpha value is -2.67. The molecule has 0 aliphatic carbocycles. The van der Waals surface area contributed by atoms with Crippen LogP contribution in [0.5, 0.6) is 0 Å². The van der Waals surface area contributed by atoms with Crippen LogP contribution in [0.15, 0.2) is 30.3 Å². The van der Waals surface area contributed by atoms with Gasteiger partial charge in [0.25, 0.3) is 0 Å². The molecule has 2 amide bonds. The molecule has 4 unspecified atom stereocenters. The number of benzene rings is 1. The molecule has 1 aromatic rings. The van der Waals surface area contributed by atoms with E-state index in [1.54, 1.807) is 30.3 Å². The van der Waals surface area contributed by atoms with E-state index < -0.39 is 60.3 Å². The topological polar surface area (TPSA) is 199 Å². The molecule has 0 saturated carbocycles. The number of nitrogens with two attached hydrogens (primary N) is 1. The van der Waals surface area contributed by atoms with Crippen LogP contribution in [0.1, 0.15) is 23.7 Å². The monoisotopic (exact) mass is 457 g/mol. The van der Waals surface area contributed by atoms with Gasteiger partial charge < -0.3 is 36.8 Å². The van der Waals surface area contributed by atoms with Gasteiger partial charge in [0.05, 0.1) is 18.0 Å². The van der Waals surface area contributed by atoms with Crippen molar-refractivity contribution in [3.8, 4) is 0 Å². The van der Waals surface area contributed by atoms with Crippen molar-refractivity contribution in [3.05, 3.63) is 35.9 Å². The summed E-state index contributed by atoms with van der Waals surface area (Å²) in [5.41, 5.74) is 6.06. The van der Waals surface area contributed by atoms with E-state index in [2.05, 4.69) is 10.6 Å². The Morgan fingerprint density at radius 3 is 2.29 bits per heavy atom. The maximum absolute atomic E-state index is 12.4. The van der Waals surface area contributed by atoms with Crippen molar-refractivity contribution in [2.75, 3.05) is 18.9 Å². The minimum absolute atomic E-state index is 0.0429. The van der Waals surface area contributed by atoms with E-state index in [1.807, 2.05) is 0 Å². The highest BCUT2D eigenvalue weighted by molar-refractivity contribution is 7.99. The van der Waals surface area contributed by atoms with Gasteiger partial charge in [-0.25, -0.2) is 0 Å². The average Bonchev–Trinajstić information content (AvgIpc) is 2.75. The fraction of sp³-hybridized carbons (Fsp3) is 0.474. The van der Waals surface area contributed by atoms with Gasteiger partial charge in [0.1, 0.15) is 18.6 Å². The Balaban J connectivity index is 2.86. The summed E-state index contributed by atoms with van der Waals surface area (Å²) in [7, 11) is 0. The number of carboxylic acids is 2. The van der Waals surface area contributed by atoms with Crippen LogP contribution in [-0.4, -0.2) is 81.3 Å². The number of aliphatic hydroxyl groups is 2. The second-order valence-electron chi connectivity index (χ2n) is 6.63. The van der Waals surface area contributed by atoms with Crippen molar-refractivity contribution in [2.45, 2.75) is 36.3 Å². The minimum atomic E-state index is -1.27. The molecule has 0 aromatic heterocycles. The van der Waals surface area contributed by atoms with Crippen molar-refractivity contribution in [2.24, 2.45) is 5.73 Å². The lowest BCUT2D eigenvalue weighted by Crippen LogP contribution is -2.49. The Kier molecular flexibility index (Phi) is 11.6. The van der Waals surface area contributed by atoms with Crippen LogP contribution >= 0.6 is 11.8 Å². The van der Waals surface area contributed by atoms with Crippen LogP contribution < -0.4 is 16.4 Å². The average molecular weight is 458 g/mol. The summed E-state index contributed by atoms with van der Waals surface area (Å²) < 4.78 is 0. The quantitative estimate of drug-likeness (QED) is 0.176. The molecule has 8 N–H and O–H groups in total. The highest BCUT2D eigenvalue weighted by Crippen LogP contribution is 2.32. The predicted octanol–water partition coefficient (Wildman–Crippen LogP) is -1.31. The molecule has 11 nitrogen and oxygen atoms in total. The minimum Gasteiger partial charge on any atom is -0.480 e. The molecule has 0 spiro atoms. The summed E-state index contributed by atoms with van der Waals surface area (Å²) in [6.45, 7) is -1.18. The number of amides is 2. The molecule has 0 bridgehead atoms. The van der Waals surface area contributed by atoms with Gasteiger partial charge in [0.2, 0.25) is 11.8 Å². The molecule has 0 aliphatic rings. The maximum Gasteiger partial charge on any atom is 0.322 e. The number of carbonyl (C=O) groups excluding carboxylic acids is 2. The van der Waals surface area contributed by atoms with Gasteiger partial charge in [-0.2, -0.15) is 0 Å². The van der Waals surface area contributed by atoms with Crippen molar-refractivity contribution in [3.63, 3.8) is 0 Å². The molecule has 31 heavy (non-hydrogen) atoms. The van der Waals surface area contributed by atoms with Gasteiger partial charge in [-0.15, -0.1) is 11.8 Å². The van der Waals surface area contributed by atoms with Gasteiger partial charge in [-0.1, -0.05) is 30.3 Å². The van der Waals surface area contributed by atoms with Gasteiger partial charge in [-0.05, 0) is 12.0 Å². The third-order valence-electron chi connectivity index (χ3n) is 4.17. The fourth-order valence-electron chi connectivity index (χ4n) is 2.51. The number of aliphatic hydroxyl groups excluding tert-OH is 2. The van der Waals surface area contributed by atoms with Crippen LogP contribution in [0.25, 0.3) is 0 Å². The Morgan fingerprint density at radius 1 is 1.10 bits per heavy atom. The third kappa shape index (κ3) is 9.79. The summed E-state index contributed by atoms with van der Waals surface area (Å²) in [6, 6.07) is 6.36. The maximum atomic E-state index is 12.4. The van der Waals surface area contributed by atoms with Crippen molar-refractivity contribution < 1.29 is 39.6 Å². The zero-order valence-electron chi connectivity index (χ0n) is 16.6. The normalized spacial score (nSPS) is 14.7. The summed E-state index contributed by atoms with van der Waals surface area (Å²) in [6.07, 6.45) is -1.53. The fourth-order valence-corrected chi connectivity index (χ4v) is 3.81. The van der Waals surface area contributed by atoms with Crippen molar-refractivity contribution >= 4 is 35.5 Å². The molecule has 4 atom stereocenters. The van der Waals surface area contributed by atoms with E-state index in [0.29, 0.717) is 5.56 Å². The number of nitrogens with one attached hydrogen (secondary N) is 2. The van der Waals surface area contributed by atoms with E-state index in [1.165, 1.54) is 0 Å². The predicted molar refractivity (Wildman–Crippen MR) is 112 cm³/mol. The molecule has 12 heteroatoms. The van der Waals surface area contributed by atoms with Crippen LogP contribution in [0.4, 0.5) is 0 Å². The highest BCUT2D eigenvalue weighted by Gasteiger charge is 2.27. The van der Waals surface area contributed by atoms with E-state index in [4.69, 9.17) is 15.9 Å². The van der Waals surface area contributed by atoms with Crippen LogP contribution in [0.2, 0.25) is 0 Å². The van der Waals surface area contributed by atoms with Gasteiger partial charge in [0, 0.05) is 12.2 Å². The molecule has 0 aliphatic heterocycles. The summed E-state index contributed by atoms with van der Waals surface area (Å²) in [4.78, 5) is 46.1. The first kappa shape index (κ1) is 26.4.